The zero-order valence-corrected chi connectivity index (χ0v) is 14.5. The van der Waals surface area contributed by atoms with Crippen LogP contribution in [0.15, 0.2) is 54.1 Å². The molecule has 0 saturated carbocycles. The molecule has 0 unspecified atom stereocenters. The molecule has 2 heteroatoms. The molecular formula is C21H21NS. The number of benzene rings is 2. The van der Waals surface area contributed by atoms with Crippen molar-refractivity contribution in [2.24, 2.45) is 5.41 Å². The first-order valence-corrected chi connectivity index (χ1v) is 9.12. The fraction of sp³-hybridized carbons (Fsp3) is 0.286. The van der Waals surface area contributed by atoms with Crippen molar-refractivity contribution in [3.8, 4) is 10.6 Å². The average molecular weight is 319 g/mol. The molecule has 116 valence electrons. The lowest BCUT2D eigenvalue weighted by Crippen LogP contribution is -2.13. The van der Waals surface area contributed by atoms with Gasteiger partial charge in [-0.3, -0.25) is 0 Å². The van der Waals surface area contributed by atoms with Crippen LogP contribution in [-0.4, -0.2) is 4.98 Å². The molecular weight excluding hydrogens is 298 g/mol. The standard InChI is InChI=1S/C21H21NS/c1-21(2)9-7-15(8-10-21)16-3-4-18-14-19(6-5-17(18)13-16)20-22-11-12-23-20/h3-7,11-14H,8-10H2,1-2H3. The third kappa shape index (κ3) is 2.96. The summed E-state index contributed by atoms with van der Waals surface area (Å²) in [7, 11) is 0. The maximum atomic E-state index is 4.41. The van der Waals surface area contributed by atoms with Crippen LogP contribution in [0.4, 0.5) is 0 Å². The molecule has 4 rings (SSSR count). The van der Waals surface area contributed by atoms with E-state index in [0.29, 0.717) is 5.41 Å². The van der Waals surface area contributed by atoms with Gasteiger partial charge in [0.1, 0.15) is 5.01 Å². The summed E-state index contributed by atoms with van der Waals surface area (Å²) in [5.74, 6) is 0. The fourth-order valence-corrected chi connectivity index (χ4v) is 3.92. The van der Waals surface area contributed by atoms with Crippen LogP contribution in [0.3, 0.4) is 0 Å². The largest absolute Gasteiger partial charge is 0.245 e. The Kier molecular flexibility index (Phi) is 3.57. The van der Waals surface area contributed by atoms with Gasteiger partial charge in [0.05, 0.1) is 0 Å². The summed E-state index contributed by atoms with van der Waals surface area (Å²) in [4.78, 5) is 4.41. The van der Waals surface area contributed by atoms with Gasteiger partial charge in [-0.1, -0.05) is 44.2 Å². The number of hydrogen-bond donors (Lipinski definition) is 0. The highest BCUT2D eigenvalue weighted by molar-refractivity contribution is 7.13. The molecule has 2 aromatic carbocycles. The first kappa shape index (κ1) is 14.6. The van der Waals surface area contributed by atoms with E-state index in [4.69, 9.17) is 0 Å². The van der Waals surface area contributed by atoms with E-state index in [9.17, 15) is 0 Å². The van der Waals surface area contributed by atoms with Gasteiger partial charge >= 0.3 is 0 Å². The van der Waals surface area contributed by atoms with E-state index < -0.39 is 0 Å². The molecule has 0 saturated heterocycles. The Morgan fingerprint density at radius 2 is 1.74 bits per heavy atom. The Balaban J connectivity index is 1.69. The van der Waals surface area contributed by atoms with Gasteiger partial charge in [0.15, 0.2) is 0 Å². The van der Waals surface area contributed by atoms with Crippen LogP contribution in [0, 0.1) is 5.41 Å². The van der Waals surface area contributed by atoms with Gasteiger partial charge in [-0.2, -0.15) is 0 Å². The van der Waals surface area contributed by atoms with Crippen LogP contribution in [-0.2, 0) is 0 Å². The lowest BCUT2D eigenvalue weighted by Gasteiger charge is -2.28. The average Bonchev–Trinajstić information content (AvgIpc) is 3.08. The summed E-state index contributed by atoms with van der Waals surface area (Å²) in [5.41, 5.74) is 4.56. The SMILES string of the molecule is CC1(C)CC=C(c2ccc3cc(-c4nccs4)ccc3c2)CC1. The summed E-state index contributed by atoms with van der Waals surface area (Å²) in [6.45, 7) is 4.72. The van der Waals surface area contributed by atoms with Crippen LogP contribution in [0.5, 0.6) is 0 Å². The minimum absolute atomic E-state index is 0.461. The van der Waals surface area contributed by atoms with Crippen molar-refractivity contribution < 1.29 is 0 Å². The maximum Gasteiger partial charge on any atom is 0.123 e. The van der Waals surface area contributed by atoms with Crippen molar-refractivity contribution in [3.63, 3.8) is 0 Å². The van der Waals surface area contributed by atoms with Crippen LogP contribution in [0.2, 0.25) is 0 Å². The number of nitrogens with zero attached hydrogens (tertiary/aromatic N) is 1. The fourth-order valence-electron chi connectivity index (χ4n) is 3.28. The highest BCUT2D eigenvalue weighted by atomic mass is 32.1. The minimum Gasteiger partial charge on any atom is -0.245 e. The number of fused-ring (bicyclic) bond motifs is 1. The van der Waals surface area contributed by atoms with Crippen molar-refractivity contribution in [1.29, 1.82) is 0 Å². The highest BCUT2D eigenvalue weighted by Gasteiger charge is 2.21. The molecule has 0 aliphatic heterocycles. The number of hydrogen-bond acceptors (Lipinski definition) is 2. The number of thiazole rings is 1. The van der Waals surface area contributed by atoms with E-state index in [2.05, 4.69) is 61.3 Å². The summed E-state index contributed by atoms with van der Waals surface area (Å²) >= 11 is 1.69. The number of allylic oxidation sites excluding steroid dienone is 2. The summed E-state index contributed by atoms with van der Waals surface area (Å²) in [5, 5.41) is 5.72. The van der Waals surface area contributed by atoms with Gasteiger partial charge in [-0.25, -0.2) is 4.98 Å². The van der Waals surface area contributed by atoms with Crippen molar-refractivity contribution in [2.45, 2.75) is 33.1 Å². The molecule has 1 heterocycles. The quantitative estimate of drug-likeness (QED) is 0.521. The van der Waals surface area contributed by atoms with E-state index >= 15 is 0 Å². The second kappa shape index (κ2) is 5.61. The molecule has 1 nitrogen and oxygen atoms in total. The van der Waals surface area contributed by atoms with Gasteiger partial charge in [0, 0.05) is 17.1 Å². The van der Waals surface area contributed by atoms with E-state index in [0.717, 1.165) is 5.01 Å². The maximum absolute atomic E-state index is 4.41. The van der Waals surface area contributed by atoms with Gasteiger partial charge in [0.25, 0.3) is 0 Å². The van der Waals surface area contributed by atoms with E-state index in [-0.39, 0.29) is 0 Å². The summed E-state index contributed by atoms with van der Waals surface area (Å²) in [6.07, 6.45) is 7.96. The monoisotopic (exact) mass is 319 g/mol. The molecule has 0 amide bonds. The zero-order valence-electron chi connectivity index (χ0n) is 13.7. The molecule has 0 radical (unpaired) electrons. The Morgan fingerprint density at radius 1 is 1.00 bits per heavy atom. The third-order valence-corrected chi connectivity index (χ3v) is 5.68. The Morgan fingerprint density at radius 3 is 2.39 bits per heavy atom. The lowest BCUT2D eigenvalue weighted by atomic mass is 9.77. The van der Waals surface area contributed by atoms with Crippen molar-refractivity contribution >= 4 is 27.7 Å². The lowest BCUT2D eigenvalue weighted by molar-refractivity contribution is 0.335. The predicted octanol–water partition coefficient (Wildman–Crippen LogP) is 6.56. The van der Waals surface area contributed by atoms with E-state index in [1.165, 1.54) is 46.7 Å². The van der Waals surface area contributed by atoms with Crippen molar-refractivity contribution in [1.82, 2.24) is 4.98 Å². The summed E-state index contributed by atoms with van der Waals surface area (Å²) < 4.78 is 0. The Hall–Kier alpha value is -1.93. The van der Waals surface area contributed by atoms with Crippen LogP contribution < -0.4 is 0 Å². The summed E-state index contributed by atoms with van der Waals surface area (Å²) in [6, 6.07) is 13.5. The first-order chi connectivity index (χ1) is 11.1. The van der Waals surface area contributed by atoms with Crippen molar-refractivity contribution in [2.75, 3.05) is 0 Å². The van der Waals surface area contributed by atoms with Gasteiger partial charge in [-0.05, 0) is 58.7 Å². The molecule has 0 atom stereocenters. The molecule has 3 aromatic rings. The molecule has 1 aliphatic carbocycles. The Labute approximate surface area is 141 Å². The molecule has 23 heavy (non-hydrogen) atoms. The van der Waals surface area contributed by atoms with Gasteiger partial charge in [0.2, 0.25) is 0 Å². The Bertz CT molecular complexity index is 872. The molecule has 0 N–H and O–H groups in total. The molecule has 1 aliphatic rings. The van der Waals surface area contributed by atoms with Crippen molar-refractivity contribution in [3.05, 3.63) is 59.6 Å². The predicted molar refractivity (Wildman–Crippen MR) is 101 cm³/mol. The third-order valence-electron chi connectivity index (χ3n) is 4.86. The topological polar surface area (TPSA) is 12.9 Å². The molecule has 0 bridgehead atoms. The number of rotatable bonds is 2. The van der Waals surface area contributed by atoms with Crippen LogP contribution in [0.25, 0.3) is 26.9 Å². The second-order valence-corrected chi connectivity index (χ2v) is 8.11. The number of aromatic nitrogens is 1. The smallest absolute Gasteiger partial charge is 0.123 e. The molecule has 1 aromatic heterocycles. The van der Waals surface area contributed by atoms with E-state index in [1.54, 1.807) is 11.3 Å². The molecule has 0 spiro atoms. The van der Waals surface area contributed by atoms with Crippen LogP contribution in [0.1, 0.15) is 38.7 Å². The van der Waals surface area contributed by atoms with Gasteiger partial charge < -0.3 is 0 Å². The first-order valence-electron chi connectivity index (χ1n) is 8.24. The highest BCUT2D eigenvalue weighted by Crippen LogP contribution is 2.38. The zero-order chi connectivity index (χ0) is 15.9. The second-order valence-electron chi connectivity index (χ2n) is 7.21. The normalized spacial score (nSPS) is 17.2. The van der Waals surface area contributed by atoms with Gasteiger partial charge in [-0.15, -0.1) is 11.3 Å². The van der Waals surface area contributed by atoms with Crippen LogP contribution >= 0.6 is 11.3 Å². The van der Waals surface area contributed by atoms with E-state index in [1.807, 2.05) is 11.6 Å². The minimum atomic E-state index is 0.461. The molecule has 0 fully saturated rings.